The van der Waals surface area contributed by atoms with Gasteiger partial charge in [0.15, 0.2) is 5.60 Å². The van der Waals surface area contributed by atoms with Crippen molar-refractivity contribution in [1.82, 2.24) is 9.71 Å². The van der Waals surface area contributed by atoms with Crippen LogP contribution in [0.15, 0.2) is 73.4 Å². The fraction of sp³-hybridized carbons (Fsp3) is 0.300. The van der Waals surface area contributed by atoms with E-state index in [1.807, 2.05) is 70.2 Å². The molecular weight excluding hydrogens is 541 g/mol. The molecule has 0 fully saturated rings. The van der Waals surface area contributed by atoms with Gasteiger partial charge in [0.2, 0.25) is 0 Å². The zero-order chi connectivity index (χ0) is 28.8. The molecule has 9 heteroatoms. The third-order valence-electron chi connectivity index (χ3n) is 6.51. The van der Waals surface area contributed by atoms with E-state index in [0.717, 1.165) is 38.6 Å². The minimum absolute atomic E-state index is 0.288. The maximum absolute atomic E-state index is 13.5. The zero-order valence-electron chi connectivity index (χ0n) is 22.4. The fourth-order valence-corrected chi connectivity index (χ4v) is 6.32. The molecule has 0 aliphatic rings. The van der Waals surface area contributed by atoms with Gasteiger partial charge in [0.25, 0.3) is 0 Å². The molecule has 2 aromatic heterocycles. The summed E-state index contributed by atoms with van der Waals surface area (Å²) in [5, 5.41) is 11.1. The normalized spacial score (nSPS) is 15.6. The van der Waals surface area contributed by atoms with E-state index < -0.39 is 33.6 Å². The summed E-state index contributed by atoms with van der Waals surface area (Å²) in [6.07, 6.45) is -3.57. The van der Waals surface area contributed by atoms with Gasteiger partial charge in [0.1, 0.15) is 0 Å². The van der Waals surface area contributed by atoms with E-state index in [1.54, 1.807) is 6.07 Å². The molecule has 2 heterocycles. The Morgan fingerprint density at radius 1 is 1.05 bits per heavy atom. The molecule has 0 saturated carbocycles. The Hall–Kier alpha value is -2.85. The second-order valence-corrected chi connectivity index (χ2v) is 13.8. The van der Waals surface area contributed by atoms with Crippen LogP contribution in [-0.2, 0) is 16.6 Å². The Labute approximate surface area is 233 Å². The first kappa shape index (κ1) is 29.1. The monoisotopic (exact) mass is 572 g/mol. The minimum Gasteiger partial charge on any atom is -0.376 e. The number of pyridine rings is 1. The first-order valence-electron chi connectivity index (χ1n) is 12.3. The number of rotatable bonds is 7. The zero-order valence-corrected chi connectivity index (χ0v) is 24.0. The standard InChI is InChI=1S/C30H31F3N2O2S2/c1-18(2)21-11-7-8-12-22(21)26(35-39(37)28(3,4)5)25-16-19-10-9-13-23(27(19)38-25)24-17-20(14-15-34-24)29(6,36)30(31,32)33/h7-17,26,35-36H,1H2,2-6H3/t26-,29?,39+/m1/s1. The maximum Gasteiger partial charge on any atom is 0.421 e. The Kier molecular flexibility index (Phi) is 7.93. The van der Waals surface area contributed by atoms with Crippen molar-refractivity contribution in [3.05, 3.63) is 95.0 Å². The van der Waals surface area contributed by atoms with Gasteiger partial charge in [-0.15, -0.1) is 11.3 Å². The average Bonchev–Trinajstić information content (AvgIpc) is 3.30. The molecule has 0 bridgehead atoms. The van der Waals surface area contributed by atoms with Crippen LogP contribution in [0.25, 0.3) is 26.9 Å². The van der Waals surface area contributed by atoms with E-state index >= 15 is 0 Å². The van der Waals surface area contributed by atoms with Gasteiger partial charge < -0.3 is 5.11 Å². The summed E-state index contributed by atoms with van der Waals surface area (Å²) >= 11 is 1.46. The summed E-state index contributed by atoms with van der Waals surface area (Å²) in [5.41, 5.74) is 0.410. The number of allylic oxidation sites excluding steroid dienone is 1. The van der Waals surface area contributed by atoms with Crippen LogP contribution >= 0.6 is 11.3 Å². The summed E-state index contributed by atoms with van der Waals surface area (Å²) in [5.74, 6) is 0. The number of nitrogens with one attached hydrogen (secondary N) is 1. The van der Waals surface area contributed by atoms with Gasteiger partial charge in [0, 0.05) is 21.3 Å². The van der Waals surface area contributed by atoms with Crippen LogP contribution in [-0.4, -0.2) is 25.2 Å². The number of aromatic nitrogens is 1. The maximum atomic E-state index is 13.5. The van der Waals surface area contributed by atoms with Crippen molar-refractivity contribution in [3.8, 4) is 11.3 Å². The summed E-state index contributed by atoms with van der Waals surface area (Å²) in [4.78, 5) is 5.23. The number of halogens is 3. The van der Waals surface area contributed by atoms with E-state index in [9.17, 15) is 22.5 Å². The molecule has 2 N–H and O–H groups in total. The molecule has 0 radical (unpaired) electrons. The number of hydrogen-bond donors (Lipinski definition) is 2. The number of hydrogen-bond acceptors (Lipinski definition) is 4. The van der Waals surface area contributed by atoms with E-state index in [2.05, 4.69) is 16.3 Å². The van der Waals surface area contributed by atoms with Crippen LogP contribution in [0.3, 0.4) is 0 Å². The molecule has 1 unspecified atom stereocenters. The third-order valence-corrected chi connectivity index (χ3v) is 9.32. The molecule has 4 nitrogen and oxygen atoms in total. The van der Waals surface area contributed by atoms with Gasteiger partial charge in [-0.3, -0.25) is 4.98 Å². The molecule has 4 aromatic rings. The third kappa shape index (κ3) is 5.87. The van der Waals surface area contributed by atoms with E-state index in [1.165, 1.54) is 29.7 Å². The summed E-state index contributed by atoms with van der Waals surface area (Å²) in [6.45, 7) is 12.5. The fourth-order valence-electron chi connectivity index (χ4n) is 4.17. The number of aliphatic hydroxyl groups is 1. The van der Waals surface area contributed by atoms with Crippen LogP contribution in [0, 0.1) is 0 Å². The predicted octanol–water partition coefficient (Wildman–Crippen LogP) is 7.91. The van der Waals surface area contributed by atoms with Gasteiger partial charge in [-0.05, 0) is 74.9 Å². The predicted molar refractivity (Wildman–Crippen MR) is 155 cm³/mol. The second kappa shape index (κ2) is 10.6. The Morgan fingerprint density at radius 3 is 2.38 bits per heavy atom. The Morgan fingerprint density at radius 2 is 1.74 bits per heavy atom. The molecule has 0 aliphatic carbocycles. The summed E-state index contributed by atoms with van der Waals surface area (Å²) < 4.78 is 57.5. The van der Waals surface area contributed by atoms with Crippen molar-refractivity contribution in [2.24, 2.45) is 0 Å². The number of alkyl halides is 3. The van der Waals surface area contributed by atoms with Crippen molar-refractivity contribution in [2.45, 2.75) is 57.2 Å². The molecule has 39 heavy (non-hydrogen) atoms. The first-order chi connectivity index (χ1) is 18.1. The van der Waals surface area contributed by atoms with Crippen molar-refractivity contribution >= 4 is 38.0 Å². The van der Waals surface area contributed by atoms with Crippen molar-refractivity contribution in [1.29, 1.82) is 0 Å². The van der Waals surface area contributed by atoms with E-state index in [0.29, 0.717) is 11.3 Å². The minimum atomic E-state index is -4.84. The highest BCUT2D eigenvalue weighted by Crippen LogP contribution is 2.42. The van der Waals surface area contributed by atoms with Crippen LogP contribution in [0.1, 0.15) is 62.2 Å². The van der Waals surface area contributed by atoms with Gasteiger partial charge in [-0.1, -0.05) is 54.6 Å². The quantitative estimate of drug-likeness (QED) is 0.237. The number of benzene rings is 2. The first-order valence-corrected chi connectivity index (χ1v) is 14.3. The molecule has 0 saturated heterocycles. The average molecular weight is 573 g/mol. The van der Waals surface area contributed by atoms with Crippen molar-refractivity contribution in [3.63, 3.8) is 0 Å². The topological polar surface area (TPSA) is 62.2 Å². The lowest BCUT2D eigenvalue weighted by Gasteiger charge is -2.26. The number of nitrogens with zero attached hydrogens (tertiary/aromatic N) is 1. The highest BCUT2D eigenvalue weighted by Gasteiger charge is 2.51. The Balaban J connectivity index is 1.88. The SMILES string of the molecule is C=C(C)c1ccccc1[C@@H](N[S@@](=O)C(C)(C)C)c1cc2cccc(-c3cc(C(C)(O)C(F)(F)F)ccn3)c2s1. The summed E-state index contributed by atoms with van der Waals surface area (Å²) in [7, 11) is -1.39. The van der Waals surface area contributed by atoms with Crippen LogP contribution in [0.2, 0.25) is 0 Å². The van der Waals surface area contributed by atoms with Crippen molar-refractivity contribution in [2.75, 3.05) is 0 Å². The highest BCUT2D eigenvalue weighted by molar-refractivity contribution is 7.84. The van der Waals surface area contributed by atoms with E-state index in [4.69, 9.17) is 0 Å². The highest BCUT2D eigenvalue weighted by atomic mass is 32.2. The van der Waals surface area contributed by atoms with Gasteiger partial charge >= 0.3 is 6.18 Å². The second-order valence-electron chi connectivity index (χ2n) is 10.7. The van der Waals surface area contributed by atoms with Gasteiger partial charge in [-0.2, -0.15) is 13.2 Å². The number of thiophene rings is 1. The molecule has 2 aromatic carbocycles. The van der Waals surface area contributed by atoms with E-state index in [-0.39, 0.29) is 5.56 Å². The van der Waals surface area contributed by atoms with Crippen LogP contribution in [0.4, 0.5) is 13.2 Å². The molecule has 0 spiro atoms. The molecule has 3 atom stereocenters. The lowest BCUT2D eigenvalue weighted by molar-refractivity contribution is -0.258. The van der Waals surface area contributed by atoms with Gasteiger partial charge in [0.05, 0.1) is 27.5 Å². The van der Waals surface area contributed by atoms with Crippen LogP contribution < -0.4 is 4.72 Å². The molecule has 0 aliphatic heterocycles. The van der Waals surface area contributed by atoms with Crippen molar-refractivity contribution < 1.29 is 22.5 Å². The van der Waals surface area contributed by atoms with Gasteiger partial charge in [-0.25, -0.2) is 8.93 Å². The largest absolute Gasteiger partial charge is 0.421 e. The smallest absolute Gasteiger partial charge is 0.376 e. The molecule has 0 amide bonds. The summed E-state index contributed by atoms with van der Waals surface area (Å²) in [6, 6.07) is 17.4. The van der Waals surface area contributed by atoms with Crippen LogP contribution in [0.5, 0.6) is 0 Å². The molecular formula is C30H31F3N2O2S2. The lowest BCUT2D eigenvalue weighted by atomic mass is 9.94. The molecule has 4 rings (SSSR count). The number of fused-ring (bicyclic) bond motifs is 1. The lowest BCUT2D eigenvalue weighted by Crippen LogP contribution is -2.39. The molecule has 206 valence electrons. The Bertz CT molecular complexity index is 1550.